The van der Waals surface area contributed by atoms with Crippen LogP contribution in [0, 0.1) is 6.92 Å². The minimum Gasteiger partial charge on any atom is -0.483 e. The summed E-state index contributed by atoms with van der Waals surface area (Å²) >= 11 is 0. The van der Waals surface area contributed by atoms with Gasteiger partial charge in [-0.05, 0) is 32.4 Å². The van der Waals surface area contributed by atoms with Gasteiger partial charge in [0.2, 0.25) is 0 Å². The zero-order chi connectivity index (χ0) is 14.1. The number of benzene rings is 1. The van der Waals surface area contributed by atoms with E-state index in [1.807, 2.05) is 32.0 Å². The molecule has 4 heteroatoms. The molecule has 0 aromatic heterocycles. The number of amides is 1. The van der Waals surface area contributed by atoms with Gasteiger partial charge in [0.1, 0.15) is 5.75 Å². The molecule has 4 nitrogen and oxygen atoms in total. The van der Waals surface area contributed by atoms with E-state index in [-0.39, 0.29) is 12.5 Å². The van der Waals surface area contributed by atoms with Crippen molar-refractivity contribution >= 4 is 5.91 Å². The lowest BCUT2D eigenvalue weighted by atomic mass is 10.1. The van der Waals surface area contributed by atoms with E-state index >= 15 is 0 Å². The second kappa shape index (κ2) is 8.53. The van der Waals surface area contributed by atoms with Crippen LogP contribution in [0.15, 0.2) is 18.2 Å². The largest absolute Gasteiger partial charge is 0.483 e. The molecule has 0 radical (unpaired) electrons. The first kappa shape index (κ1) is 15.5. The van der Waals surface area contributed by atoms with Gasteiger partial charge >= 0.3 is 0 Å². The summed E-state index contributed by atoms with van der Waals surface area (Å²) in [5, 5.41) is 6.08. The summed E-state index contributed by atoms with van der Waals surface area (Å²) < 4.78 is 5.66. The van der Waals surface area contributed by atoms with Crippen molar-refractivity contribution in [1.29, 1.82) is 0 Å². The maximum absolute atomic E-state index is 11.4. The predicted molar refractivity (Wildman–Crippen MR) is 77.4 cm³/mol. The fourth-order valence-corrected chi connectivity index (χ4v) is 1.84. The van der Waals surface area contributed by atoms with Gasteiger partial charge in [0.05, 0.1) is 0 Å². The van der Waals surface area contributed by atoms with E-state index < -0.39 is 0 Å². The van der Waals surface area contributed by atoms with E-state index in [0.29, 0.717) is 6.54 Å². The first-order chi connectivity index (χ1) is 9.19. The van der Waals surface area contributed by atoms with Crippen LogP contribution >= 0.6 is 0 Å². The van der Waals surface area contributed by atoms with Crippen LogP contribution < -0.4 is 15.4 Å². The molecular formula is C15H24N2O2. The quantitative estimate of drug-likeness (QED) is 0.706. The molecular weight excluding hydrogens is 240 g/mol. The standard InChI is InChI=1S/C15H24N2O2/c1-4-9-16-10-13-8-6-7-12(3)15(13)19-11-14(18)17-5-2/h6-8,16H,4-5,9-11H2,1-3H3,(H,17,18). The summed E-state index contributed by atoms with van der Waals surface area (Å²) in [5.74, 6) is 0.732. The van der Waals surface area contributed by atoms with Gasteiger partial charge in [-0.15, -0.1) is 0 Å². The number of aryl methyl sites for hydroxylation is 1. The van der Waals surface area contributed by atoms with Gasteiger partial charge < -0.3 is 15.4 Å². The fourth-order valence-electron chi connectivity index (χ4n) is 1.84. The molecule has 0 aliphatic heterocycles. The summed E-state index contributed by atoms with van der Waals surface area (Å²) in [5.41, 5.74) is 2.15. The van der Waals surface area contributed by atoms with Crippen LogP contribution in [0.25, 0.3) is 0 Å². The number of carbonyl (C=O) groups is 1. The Hall–Kier alpha value is -1.55. The minimum atomic E-state index is -0.0850. The molecule has 19 heavy (non-hydrogen) atoms. The molecule has 1 amide bonds. The maximum atomic E-state index is 11.4. The summed E-state index contributed by atoms with van der Waals surface area (Å²) in [6, 6.07) is 6.04. The lowest BCUT2D eigenvalue weighted by molar-refractivity contribution is -0.123. The number of rotatable bonds is 8. The molecule has 0 aliphatic carbocycles. The van der Waals surface area contributed by atoms with E-state index in [1.165, 1.54) is 0 Å². The van der Waals surface area contributed by atoms with Crippen molar-refractivity contribution < 1.29 is 9.53 Å². The van der Waals surface area contributed by atoms with E-state index in [2.05, 4.69) is 17.6 Å². The van der Waals surface area contributed by atoms with Crippen molar-refractivity contribution in [3.05, 3.63) is 29.3 Å². The molecule has 1 aromatic carbocycles. The van der Waals surface area contributed by atoms with Crippen LogP contribution in [0.1, 0.15) is 31.4 Å². The van der Waals surface area contributed by atoms with Crippen LogP contribution in [0.4, 0.5) is 0 Å². The highest BCUT2D eigenvalue weighted by Gasteiger charge is 2.08. The van der Waals surface area contributed by atoms with Crippen LogP contribution in [0.3, 0.4) is 0 Å². The number of hydrogen-bond acceptors (Lipinski definition) is 3. The zero-order valence-corrected chi connectivity index (χ0v) is 12.1. The number of hydrogen-bond donors (Lipinski definition) is 2. The van der Waals surface area contributed by atoms with Gasteiger partial charge in [-0.3, -0.25) is 4.79 Å². The Morgan fingerprint density at radius 1 is 1.32 bits per heavy atom. The Morgan fingerprint density at radius 2 is 2.11 bits per heavy atom. The Kier molecular flexibility index (Phi) is 6.97. The molecule has 0 spiro atoms. The average Bonchev–Trinajstić information content (AvgIpc) is 2.38. The Labute approximate surface area is 115 Å². The fraction of sp³-hybridized carbons (Fsp3) is 0.533. The van der Waals surface area contributed by atoms with E-state index in [1.54, 1.807) is 0 Å². The van der Waals surface area contributed by atoms with Crippen molar-refractivity contribution in [1.82, 2.24) is 10.6 Å². The summed E-state index contributed by atoms with van der Waals surface area (Å²) in [7, 11) is 0. The second-order valence-electron chi connectivity index (χ2n) is 4.48. The second-order valence-corrected chi connectivity index (χ2v) is 4.48. The van der Waals surface area contributed by atoms with Crippen LogP contribution in [-0.2, 0) is 11.3 Å². The smallest absolute Gasteiger partial charge is 0.257 e. The molecule has 0 saturated carbocycles. The lowest BCUT2D eigenvalue weighted by Gasteiger charge is -2.14. The Morgan fingerprint density at radius 3 is 2.79 bits per heavy atom. The Bertz CT molecular complexity index is 405. The van der Waals surface area contributed by atoms with Gasteiger partial charge in [0.25, 0.3) is 5.91 Å². The number of para-hydroxylation sites is 1. The van der Waals surface area contributed by atoms with Crippen LogP contribution in [0.5, 0.6) is 5.75 Å². The number of ether oxygens (including phenoxy) is 1. The normalized spacial score (nSPS) is 10.3. The van der Waals surface area contributed by atoms with Crippen molar-refractivity contribution in [3.63, 3.8) is 0 Å². The van der Waals surface area contributed by atoms with E-state index in [0.717, 1.165) is 36.4 Å². The van der Waals surface area contributed by atoms with Crippen molar-refractivity contribution in [2.45, 2.75) is 33.7 Å². The summed E-state index contributed by atoms with van der Waals surface area (Å²) in [6.45, 7) is 8.46. The Balaban J connectivity index is 2.66. The predicted octanol–water partition coefficient (Wildman–Crippen LogP) is 2.01. The average molecular weight is 264 g/mol. The lowest BCUT2D eigenvalue weighted by Crippen LogP contribution is -2.28. The molecule has 0 unspecified atom stereocenters. The third kappa shape index (κ3) is 5.30. The van der Waals surface area contributed by atoms with E-state index in [9.17, 15) is 4.79 Å². The van der Waals surface area contributed by atoms with Gasteiger partial charge in [0, 0.05) is 18.7 Å². The highest BCUT2D eigenvalue weighted by atomic mass is 16.5. The monoisotopic (exact) mass is 264 g/mol. The highest BCUT2D eigenvalue weighted by Crippen LogP contribution is 2.23. The maximum Gasteiger partial charge on any atom is 0.257 e. The number of carbonyl (C=O) groups excluding carboxylic acids is 1. The first-order valence-corrected chi connectivity index (χ1v) is 6.87. The van der Waals surface area contributed by atoms with Crippen molar-refractivity contribution in [2.24, 2.45) is 0 Å². The summed E-state index contributed by atoms with van der Waals surface area (Å²) in [6.07, 6.45) is 1.10. The van der Waals surface area contributed by atoms with Crippen molar-refractivity contribution in [2.75, 3.05) is 19.7 Å². The topological polar surface area (TPSA) is 50.4 Å². The molecule has 0 fully saturated rings. The van der Waals surface area contributed by atoms with Gasteiger partial charge in [-0.2, -0.15) is 0 Å². The molecule has 1 rings (SSSR count). The molecule has 0 atom stereocenters. The molecule has 0 heterocycles. The molecule has 1 aromatic rings. The third-order valence-corrected chi connectivity index (χ3v) is 2.76. The van der Waals surface area contributed by atoms with E-state index in [4.69, 9.17) is 4.74 Å². The van der Waals surface area contributed by atoms with Crippen LogP contribution in [0.2, 0.25) is 0 Å². The number of nitrogens with one attached hydrogen (secondary N) is 2. The highest BCUT2D eigenvalue weighted by molar-refractivity contribution is 5.77. The van der Waals surface area contributed by atoms with Crippen LogP contribution in [-0.4, -0.2) is 25.6 Å². The van der Waals surface area contributed by atoms with Gasteiger partial charge in [0.15, 0.2) is 6.61 Å². The SMILES string of the molecule is CCCNCc1cccc(C)c1OCC(=O)NCC. The number of likely N-dealkylation sites (N-methyl/N-ethyl adjacent to an activating group) is 1. The van der Waals surface area contributed by atoms with Gasteiger partial charge in [-0.1, -0.05) is 25.1 Å². The first-order valence-electron chi connectivity index (χ1n) is 6.87. The zero-order valence-electron chi connectivity index (χ0n) is 12.1. The molecule has 106 valence electrons. The third-order valence-electron chi connectivity index (χ3n) is 2.76. The molecule has 0 bridgehead atoms. The summed E-state index contributed by atoms with van der Waals surface area (Å²) in [4.78, 5) is 11.4. The minimum absolute atomic E-state index is 0.0689. The molecule has 0 aliphatic rings. The molecule has 2 N–H and O–H groups in total. The van der Waals surface area contributed by atoms with Gasteiger partial charge in [-0.25, -0.2) is 0 Å². The molecule has 0 saturated heterocycles. The van der Waals surface area contributed by atoms with Crippen molar-refractivity contribution in [3.8, 4) is 5.75 Å².